The number of carbonyl (C=O) groups excluding carboxylic acids is 1. The fraction of sp³-hybridized carbons (Fsp3) is 0.500. The van der Waals surface area contributed by atoms with E-state index in [-0.39, 0.29) is 5.91 Å². The fourth-order valence-corrected chi connectivity index (χ4v) is 2.22. The number of carboxylic acid groups (broad SMARTS) is 1. The maximum absolute atomic E-state index is 12.2. The summed E-state index contributed by atoms with van der Waals surface area (Å²) in [5, 5.41) is 9.23. The molecule has 1 aromatic heterocycles. The van der Waals surface area contributed by atoms with Crippen LogP contribution in [0.25, 0.3) is 0 Å². The number of aliphatic carboxylic acids is 1. The highest BCUT2D eigenvalue weighted by atomic mass is 16.4. The van der Waals surface area contributed by atoms with Gasteiger partial charge in [-0.2, -0.15) is 0 Å². The smallest absolute Gasteiger partial charge is 0.329 e. The van der Waals surface area contributed by atoms with Crippen LogP contribution in [0.5, 0.6) is 0 Å². The molecular weight excluding hydrogens is 222 g/mol. The molecule has 1 fully saturated rings. The van der Waals surface area contributed by atoms with E-state index in [9.17, 15) is 14.7 Å². The number of rotatable bonds is 2. The van der Waals surface area contributed by atoms with Crippen molar-refractivity contribution in [2.45, 2.75) is 32.2 Å². The molecule has 2 heterocycles. The van der Waals surface area contributed by atoms with Gasteiger partial charge in [0, 0.05) is 6.54 Å². The first-order valence-corrected chi connectivity index (χ1v) is 5.55. The largest absolute Gasteiger partial charge is 0.480 e. The lowest BCUT2D eigenvalue weighted by Gasteiger charge is -2.30. The lowest BCUT2D eigenvalue weighted by Crippen LogP contribution is -2.50. The number of carbonyl (C=O) groups is 2. The molecule has 0 bridgehead atoms. The summed E-state index contributed by atoms with van der Waals surface area (Å²) in [6, 6.07) is 1.63. The number of amides is 1. The predicted octanol–water partition coefficient (Wildman–Crippen LogP) is 1.67. The van der Waals surface area contributed by atoms with Crippen LogP contribution in [0.4, 0.5) is 0 Å². The number of likely N-dealkylation sites (tertiary alicyclic amines) is 1. The number of furan rings is 1. The van der Waals surface area contributed by atoms with Gasteiger partial charge in [-0.1, -0.05) is 0 Å². The van der Waals surface area contributed by atoms with E-state index in [0.717, 1.165) is 0 Å². The molecule has 1 saturated heterocycles. The lowest BCUT2D eigenvalue weighted by atomic mass is 9.99. The van der Waals surface area contributed by atoms with Gasteiger partial charge >= 0.3 is 5.97 Å². The molecule has 1 atom stereocenters. The quantitative estimate of drug-likeness (QED) is 0.849. The van der Waals surface area contributed by atoms with Crippen molar-refractivity contribution in [3.8, 4) is 0 Å². The molecule has 1 aromatic rings. The summed E-state index contributed by atoms with van der Waals surface area (Å²) in [6.45, 7) is 3.82. The van der Waals surface area contributed by atoms with Gasteiger partial charge in [-0.3, -0.25) is 4.79 Å². The summed E-state index contributed by atoms with van der Waals surface area (Å²) < 4.78 is 5.08. The number of nitrogens with zero attached hydrogens (tertiary/aromatic N) is 1. The maximum atomic E-state index is 12.2. The first-order valence-electron chi connectivity index (χ1n) is 5.55. The highest BCUT2D eigenvalue weighted by Crippen LogP contribution is 2.31. The van der Waals surface area contributed by atoms with Crippen LogP contribution in [-0.4, -0.2) is 34.0 Å². The standard InChI is InChI=1S/C12H15NO4/c1-8-6-9(7-17-8)10(14)13-5-3-4-12(13,2)11(15)16/h6-7H,3-5H2,1-2H3,(H,15,16)/t12-/m0/s1. The summed E-state index contributed by atoms with van der Waals surface area (Å²) in [6.07, 6.45) is 2.58. The summed E-state index contributed by atoms with van der Waals surface area (Å²) in [4.78, 5) is 24.9. The monoisotopic (exact) mass is 237 g/mol. The average Bonchev–Trinajstić information content (AvgIpc) is 2.85. The van der Waals surface area contributed by atoms with Crippen molar-refractivity contribution in [1.29, 1.82) is 0 Å². The van der Waals surface area contributed by atoms with Crippen molar-refractivity contribution < 1.29 is 19.1 Å². The average molecular weight is 237 g/mol. The third-order valence-electron chi connectivity index (χ3n) is 3.32. The minimum absolute atomic E-state index is 0.274. The zero-order valence-electron chi connectivity index (χ0n) is 9.90. The van der Waals surface area contributed by atoms with E-state index < -0.39 is 11.5 Å². The molecule has 0 unspecified atom stereocenters. The summed E-state index contributed by atoms with van der Waals surface area (Å²) in [7, 11) is 0. The Morgan fingerprint density at radius 1 is 1.53 bits per heavy atom. The van der Waals surface area contributed by atoms with E-state index in [2.05, 4.69) is 0 Å². The Balaban J connectivity index is 2.28. The molecule has 0 spiro atoms. The molecule has 5 heteroatoms. The molecule has 1 aliphatic rings. The second kappa shape index (κ2) is 3.91. The lowest BCUT2D eigenvalue weighted by molar-refractivity contribution is -0.147. The van der Waals surface area contributed by atoms with Crippen LogP contribution < -0.4 is 0 Å². The third kappa shape index (κ3) is 1.81. The Hall–Kier alpha value is -1.78. The van der Waals surface area contributed by atoms with E-state index >= 15 is 0 Å². The molecule has 0 saturated carbocycles. The van der Waals surface area contributed by atoms with Crippen molar-refractivity contribution in [3.63, 3.8) is 0 Å². The number of hydrogen-bond acceptors (Lipinski definition) is 3. The van der Waals surface area contributed by atoms with Crippen LogP contribution in [-0.2, 0) is 4.79 Å². The third-order valence-corrected chi connectivity index (χ3v) is 3.32. The molecule has 1 aliphatic heterocycles. The van der Waals surface area contributed by atoms with E-state index in [4.69, 9.17) is 4.42 Å². The zero-order valence-corrected chi connectivity index (χ0v) is 9.90. The molecular formula is C12H15NO4. The first-order chi connectivity index (χ1) is 7.95. The molecule has 0 aromatic carbocycles. The fourth-order valence-electron chi connectivity index (χ4n) is 2.22. The van der Waals surface area contributed by atoms with Gasteiger partial charge in [0.25, 0.3) is 5.91 Å². The minimum atomic E-state index is -1.09. The Morgan fingerprint density at radius 3 is 2.76 bits per heavy atom. The van der Waals surface area contributed by atoms with E-state index in [1.807, 2.05) is 0 Å². The molecule has 5 nitrogen and oxygen atoms in total. The van der Waals surface area contributed by atoms with Crippen LogP contribution in [0.15, 0.2) is 16.7 Å². The van der Waals surface area contributed by atoms with Gasteiger partial charge in [0.15, 0.2) is 0 Å². The Morgan fingerprint density at radius 2 is 2.24 bits per heavy atom. The molecule has 92 valence electrons. The van der Waals surface area contributed by atoms with E-state index in [0.29, 0.717) is 30.7 Å². The molecule has 2 rings (SSSR count). The van der Waals surface area contributed by atoms with Gasteiger partial charge in [-0.25, -0.2) is 4.79 Å². The highest BCUT2D eigenvalue weighted by Gasteiger charge is 2.46. The van der Waals surface area contributed by atoms with Crippen molar-refractivity contribution in [2.75, 3.05) is 6.54 Å². The zero-order chi connectivity index (χ0) is 12.6. The Labute approximate surface area is 99.0 Å². The van der Waals surface area contributed by atoms with Gasteiger partial charge in [-0.05, 0) is 32.8 Å². The first kappa shape index (κ1) is 11.7. The van der Waals surface area contributed by atoms with Gasteiger partial charge in [-0.15, -0.1) is 0 Å². The van der Waals surface area contributed by atoms with Crippen molar-refractivity contribution in [1.82, 2.24) is 4.90 Å². The van der Waals surface area contributed by atoms with Crippen molar-refractivity contribution >= 4 is 11.9 Å². The maximum Gasteiger partial charge on any atom is 0.329 e. The second-order valence-electron chi connectivity index (χ2n) is 4.59. The van der Waals surface area contributed by atoms with Crippen LogP contribution in [0, 0.1) is 6.92 Å². The number of aryl methyl sites for hydroxylation is 1. The topological polar surface area (TPSA) is 70.8 Å². The van der Waals surface area contributed by atoms with Gasteiger partial charge in [0.2, 0.25) is 0 Å². The molecule has 1 amide bonds. The summed E-state index contributed by atoms with van der Waals surface area (Å²) in [5.41, 5.74) is -0.681. The van der Waals surface area contributed by atoms with E-state index in [1.165, 1.54) is 11.2 Å². The Bertz CT molecular complexity index is 465. The molecule has 1 N–H and O–H groups in total. The van der Waals surface area contributed by atoms with Crippen LogP contribution in [0.1, 0.15) is 35.9 Å². The predicted molar refractivity (Wildman–Crippen MR) is 59.8 cm³/mol. The second-order valence-corrected chi connectivity index (χ2v) is 4.59. The highest BCUT2D eigenvalue weighted by molar-refractivity contribution is 5.98. The van der Waals surface area contributed by atoms with Gasteiger partial charge in [0.05, 0.1) is 5.56 Å². The van der Waals surface area contributed by atoms with Crippen molar-refractivity contribution in [2.24, 2.45) is 0 Å². The minimum Gasteiger partial charge on any atom is -0.480 e. The van der Waals surface area contributed by atoms with Gasteiger partial charge < -0.3 is 14.4 Å². The van der Waals surface area contributed by atoms with Gasteiger partial charge in [0.1, 0.15) is 17.6 Å². The van der Waals surface area contributed by atoms with Crippen molar-refractivity contribution in [3.05, 3.63) is 23.7 Å². The summed E-state index contributed by atoms with van der Waals surface area (Å²) >= 11 is 0. The SMILES string of the molecule is Cc1cc(C(=O)N2CCC[C@@]2(C)C(=O)O)co1. The van der Waals surface area contributed by atoms with E-state index in [1.54, 1.807) is 19.9 Å². The van der Waals surface area contributed by atoms with Crippen LogP contribution in [0.2, 0.25) is 0 Å². The number of carboxylic acids is 1. The summed E-state index contributed by atoms with van der Waals surface area (Å²) in [5.74, 6) is -0.586. The normalized spacial score (nSPS) is 24.0. The molecule has 0 radical (unpaired) electrons. The molecule has 0 aliphatic carbocycles. The number of hydrogen-bond donors (Lipinski definition) is 1. The van der Waals surface area contributed by atoms with Crippen LogP contribution >= 0.6 is 0 Å². The molecule has 17 heavy (non-hydrogen) atoms. The van der Waals surface area contributed by atoms with Crippen LogP contribution in [0.3, 0.4) is 0 Å². The Kier molecular flexibility index (Phi) is 2.69.